The summed E-state index contributed by atoms with van der Waals surface area (Å²) in [6.45, 7) is 1.77. The molecule has 1 atom stereocenters. The third-order valence-corrected chi connectivity index (χ3v) is 2.98. The normalized spacial score (nSPS) is 20.5. The molecular formula is C12H12F3NO. The zero-order chi connectivity index (χ0) is 12.6. The molecule has 0 spiro atoms. The van der Waals surface area contributed by atoms with Gasteiger partial charge in [-0.05, 0) is 36.6 Å². The quantitative estimate of drug-likeness (QED) is 0.744. The van der Waals surface area contributed by atoms with Crippen molar-refractivity contribution in [3.8, 4) is 0 Å². The van der Waals surface area contributed by atoms with Gasteiger partial charge in [-0.2, -0.15) is 13.2 Å². The summed E-state index contributed by atoms with van der Waals surface area (Å²) in [6.07, 6.45) is -3.28. The van der Waals surface area contributed by atoms with Crippen LogP contribution in [-0.4, -0.2) is 5.91 Å². The second-order valence-electron chi connectivity index (χ2n) is 4.30. The Morgan fingerprint density at radius 1 is 1.35 bits per heavy atom. The molecule has 0 saturated heterocycles. The van der Waals surface area contributed by atoms with Crippen LogP contribution in [0.25, 0.3) is 0 Å². The highest BCUT2D eigenvalue weighted by Crippen LogP contribution is 2.33. The molecule has 92 valence electrons. The van der Waals surface area contributed by atoms with Crippen LogP contribution in [0.3, 0.4) is 0 Å². The predicted molar refractivity (Wildman–Crippen MR) is 57.6 cm³/mol. The Labute approximate surface area is 96.8 Å². The number of nitrogens with one attached hydrogen (secondary N) is 1. The summed E-state index contributed by atoms with van der Waals surface area (Å²) in [5, 5.41) is 2.64. The highest BCUT2D eigenvalue weighted by Gasteiger charge is 2.31. The first kappa shape index (κ1) is 12.0. The number of fused-ring (bicyclic) bond motifs is 1. The maximum atomic E-state index is 12.5. The van der Waals surface area contributed by atoms with Crippen LogP contribution in [0.1, 0.15) is 24.5 Å². The Hall–Kier alpha value is -1.52. The zero-order valence-corrected chi connectivity index (χ0v) is 9.27. The molecule has 1 amide bonds. The SMILES string of the molecule is CC1CCc2cc(C(F)(F)F)ccc2NC1=O. The smallest absolute Gasteiger partial charge is 0.326 e. The number of carbonyl (C=O) groups is 1. The molecule has 1 unspecified atom stereocenters. The average molecular weight is 243 g/mol. The van der Waals surface area contributed by atoms with Crippen molar-refractivity contribution in [1.29, 1.82) is 0 Å². The zero-order valence-electron chi connectivity index (χ0n) is 9.27. The molecule has 17 heavy (non-hydrogen) atoms. The van der Waals surface area contributed by atoms with Gasteiger partial charge in [0.25, 0.3) is 0 Å². The Balaban J connectivity index is 2.38. The van der Waals surface area contributed by atoms with Crippen molar-refractivity contribution in [2.45, 2.75) is 25.9 Å². The van der Waals surface area contributed by atoms with Gasteiger partial charge in [-0.25, -0.2) is 0 Å². The minimum Gasteiger partial charge on any atom is -0.326 e. The molecule has 1 aliphatic heterocycles. The molecule has 2 rings (SSSR count). The molecule has 0 aromatic heterocycles. The van der Waals surface area contributed by atoms with Gasteiger partial charge in [-0.3, -0.25) is 4.79 Å². The van der Waals surface area contributed by atoms with Crippen molar-refractivity contribution in [3.05, 3.63) is 29.3 Å². The Bertz CT molecular complexity index is 454. The van der Waals surface area contributed by atoms with E-state index in [4.69, 9.17) is 0 Å². The first-order chi connectivity index (χ1) is 7.88. The number of aryl methyl sites for hydroxylation is 1. The summed E-state index contributed by atoms with van der Waals surface area (Å²) in [5.74, 6) is -0.305. The summed E-state index contributed by atoms with van der Waals surface area (Å²) in [5.41, 5.74) is 0.380. The van der Waals surface area contributed by atoms with Gasteiger partial charge < -0.3 is 5.32 Å². The van der Waals surface area contributed by atoms with Gasteiger partial charge in [-0.15, -0.1) is 0 Å². The van der Waals surface area contributed by atoms with E-state index in [2.05, 4.69) is 5.32 Å². The topological polar surface area (TPSA) is 29.1 Å². The molecule has 1 aromatic carbocycles. The van der Waals surface area contributed by atoms with Crippen LogP contribution in [-0.2, 0) is 17.4 Å². The first-order valence-corrected chi connectivity index (χ1v) is 5.39. The van der Waals surface area contributed by atoms with E-state index in [1.807, 2.05) is 0 Å². The van der Waals surface area contributed by atoms with Gasteiger partial charge in [0.05, 0.1) is 5.56 Å². The molecule has 0 radical (unpaired) electrons. The van der Waals surface area contributed by atoms with E-state index in [0.29, 0.717) is 24.1 Å². The van der Waals surface area contributed by atoms with Gasteiger partial charge in [0.1, 0.15) is 0 Å². The molecule has 0 aliphatic carbocycles. The van der Waals surface area contributed by atoms with Gasteiger partial charge in [0, 0.05) is 11.6 Å². The lowest BCUT2D eigenvalue weighted by atomic mass is 10.0. The van der Waals surface area contributed by atoms with E-state index < -0.39 is 11.7 Å². The number of hydrogen-bond donors (Lipinski definition) is 1. The molecular weight excluding hydrogens is 231 g/mol. The summed E-state index contributed by atoms with van der Waals surface area (Å²) in [6, 6.07) is 3.44. The van der Waals surface area contributed by atoms with E-state index >= 15 is 0 Å². The van der Waals surface area contributed by atoms with Gasteiger partial charge in [0.2, 0.25) is 5.91 Å². The fraction of sp³-hybridized carbons (Fsp3) is 0.417. The number of anilines is 1. The largest absolute Gasteiger partial charge is 0.416 e. The molecule has 1 N–H and O–H groups in total. The van der Waals surface area contributed by atoms with Crippen LogP contribution in [0.15, 0.2) is 18.2 Å². The third kappa shape index (κ3) is 2.43. The van der Waals surface area contributed by atoms with E-state index in [9.17, 15) is 18.0 Å². The molecule has 2 nitrogen and oxygen atoms in total. The van der Waals surface area contributed by atoms with Crippen molar-refractivity contribution in [2.75, 3.05) is 5.32 Å². The highest BCUT2D eigenvalue weighted by atomic mass is 19.4. The van der Waals surface area contributed by atoms with Gasteiger partial charge >= 0.3 is 6.18 Å². The van der Waals surface area contributed by atoms with Crippen LogP contribution in [0.5, 0.6) is 0 Å². The Kier molecular flexibility index (Phi) is 2.85. The molecule has 0 fully saturated rings. The van der Waals surface area contributed by atoms with Crippen molar-refractivity contribution >= 4 is 11.6 Å². The lowest BCUT2D eigenvalue weighted by Crippen LogP contribution is -2.18. The summed E-state index contributed by atoms with van der Waals surface area (Å²) < 4.78 is 37.6. The molecule has 1 aromatic rings. The van der Waals surface area contributed by atoms with E-state index in [1.54, 1.807) is 6.92 Å². The van der Waals surface area contributed by atoms with Crippen molar-refractivity contribution < 1.29 is 18.0 Å². The monoisotopic (exact) mass is 243 g/mol. The summed E-state index contributed by atoms with van der Waals surface area (Å²) in [7, 11) is 0. The van der Waals surface area contributed by atoms with E-state index in [0.717, 1.165) is 12.1 Å². The van der Waals surface area contributed by atoms with Crippen LogP contribution in [0.4, 0.5) is 18.9 Å². The molecule has 5 heteroatoms. The second-order valence-corrected chi connectivity index (χ2v) is 4.30. The lowest BCUT2D eigenvalue weighted by Gasteiger charge is -2.11. The van der Waals surface area contributed by atoms with Gasteiger partial charge in [0.15, 0.2) is 0 Å². The Morgan fingerprint density at radius 3 is 2.71 bits per heavy atom. The number of rotatable bonds is 0. The van der Waals surface area contributed by atoms with Crippen molar-refractivity contribution in [3.63, 3.8) is 0 Å². The number of benzene rings is 1. The standard InChI is InChI=1S/C12H12F3NO/c1-7-2-3-8-6-9(12(13,14)15)4-5-10(8)16-11(7)17/h4-7H,2-3H2,1H3,(H,16,17). The summed E-state index contributed by atoms with van der Waals surface area (Å²) in [4.78, 5) is 11.5. The molecule has 0 saturated carbocycles. The fourth-order valence-corrected chi connectivity index (χ4v) is 1.86. The van der Waals surface area contributed by atoms with Crippen LogP contribution >= 0.6 is 0 Å². The number of alkyl halides is 3. The van der Waals surface area contributed by atoms with E-state index in [-0.39, 0.29) is 11.8 Å². The number of amides is 1. The number of carbonyl (C=O) groups excluding carboxylic acids is 1. The predicted octanol–water partition coefficient (Wildman–Crippen LogP) is 3.23. The number of hydrogen-bond acceptors (Lipinski definition) is 1. The van der Waals surface area contributed by atoms with Crippen molar-refractivity contribution in [2.24, 2.45) is 5.92 Å². The molecule has 0 bridgehead atoms. The highest BCUT2D eigenvalue weighted by molar-refractivity contribution is 5.93. The van der Waals surface area contributed by atoms with Crippen LogP contribution in [0.2, 0.25) is 0 Å². The average Bonchev–Trinajstić information content (AvgIpc) is 2.38. The minimum absolute atomic E-state index is 0.136. The first-order valence-electron chi connectivity index (χ1n) is 5.39. The third-order valence-electron chi connectivity index (χ3n) is 2.98. The van der Waals surface area contributed by atoms with Crippen molar-refractivity contribution in [1.82, 2.24) is 0 Å². The van der Waals surface area contributed by atoms with Crippen LogP contribution < -0.4 is 5.32 Å². The maximum Gasteiger partial charge on any atom is 0.416 e. The van der Waals surface area contributed by atoms with E-state index in [1.165, 1.54) is 6.07 Å². The summed E-state index contributed by atoms with van der Waals surface area (Å²) >= 11 is 0. The Morgan fingerprint density at radius 2 is 2.06 bits per heavy atom. The second kappa shape index (κ2) is 4.05. The lowest BCUT2D eigenvalue weighted by molar-refractivity contribution is -0.137. The molecule has 1 aliphatic rings. The van der Waals surface area contributed by atoms with Crippen LogP contribution in [0, 0.1) is 5.92 Å². The maximum absolute atomic E-state index is 12.5. The number of halogens is 3. The van der Waals surface area contributed by atoms with Gasteiger partial charge in [-0.1, -0.05) is 6.92 Å². The minimum atomic E-state index is -4.34. The fourth-order valence-electron chi connectivity index (χ4n) is 1.86. The molecule has 1 heterocycles.